The van der Waals surface area contributed by atoms with Gasteiger partial charge in [0.1, 0.15) is 24.1 Å². The number of nitrogens with zero attached hydrogens (tertiary/aromatic N) is 5. The monoisotopic (exact) mass is 401 g/mol. The zero-order chi connectivity index (χ0) is 20.3. The Labute approximate surface area is 165 Å². The van der Waals surface area contributed by atoms with E-state index in [1.165, 1.54) is 47.5 Å². The number of methoxy groups -OCH3 is 1. The molecule has 0 aliphatic rings. The van der Waals surface area contributed by atoms with Crippen molar-refractivity contribution in [2.45, 2.75) is 6.54 Å². The van der Waals surface area contributed by atoms with Crippen molar-refractivity contribution in [3.63, 3.8) is 0 Å². The fourth-order valence-electron chi connectivity index (χ4n) is 2.75. The molecule has 3 aromatic rings. The van der Waals surface area contributed by atoms with Crippen LogP contribution in [0.5, 0.6) is 5.75 Å². The standard InChI is InChI=1S/C18H16ClN5O4/c1-22(9-13-7-14(19)4-6-17(13)28-2)18(25)12-3-5-15(16(8-12)24(26)27)23-11-20-10-21-23/h3-8,10-11H,9H2,1-2H3. The van der Waals surface area contributed by atoms with E-state index < -0.39 is 4.92 Å². The molecule has 28 heavy (non-hydrogen) atoms. The van der Waals surface area contributed by atoms with Gasteiger partial charge in [-0.15, -0.1) is 0 Å². The number of aromatic nitrogens is 3. The van der Waals surface area contributed by atoms with Crippen LogP contribution in [-0.2, 0) is 6.54 Å². The maximum atomic E-state index is 12.8. The Morgan fingerprint density at radius 1 is 1.32 bits per heavy atom. The number of nitro benzene ring substituents is 1. The van der Waals surface area contributed by atoms with Crippen LogP contribution in [0.25, 0.3) is 5.69 Å². The molecule has 0 saturated heterocycles. The lowest BCUT2D eigenvalue weighted by Crippen LogP contribution is -2.26. The van der Waals surface area contributed by atoms with E-state index in [9.17, 15) is 14.9 Å². The van der Waals surface area contributed by atoms with E-state index in [1.54, 1.807) is 25.2 Å². The second-order valence-corrected chi connectivity index (χ2v) is 6.35. The first kappa shape index (κ1) is 19.3. The molecule has 3 rings (SSSR count). The predicted molar refractivity (Wildman–Crippen MR) is 102 cm³/mol. The normalized spacial score (nSPS) is 10.5. The first-order valence-corrected chi connectivity index (χ1v) is 8.50. The third-order valence-corrected chi connectivity index (χ3v) is 4.32. The Morgan fingerprint density at radius 2 is 2.11 bits per heavy atom. The molecule has 9 nitrogen and oxygen atoms in total. The van der Waals surface area contributed by atoms with Crippen molar-refractivity contribution in [1.29, 1.82) is 0 Å². The molecule has 1 aromatic heterocycles. The van der Waals surface area contributed by atoms with E-state index >= 15 is 0 Å². The quantitative estimate of drug-likeness (QED) is 0.464. The largest absolute Gasteiger partial charge is 0.496 e. The van der Waals surface area contributed by atoms with Gasteiger partial charge in [-0.2, -0.15) is 5.10 Å². The molecule has 10 heteroatoms. The smallest absolute Gasteiger partial charge is 0.295 e. The lowest BCUT2D eigenvalue weighted by atomic mass is 10.1. The molecule has 0 atom stereocenters. The predicted octanol–water partition coefficient (Wildman–Crippen LogP) is 3.11. The van der Waals surface area contributed by atoms with Crippen LogP contribution >= 0.6 is 11.6 Å². The molecule has 0 N–H and O–H groups in total. The number of hydrogen-bond donors (Lipinski definition) is 0. The van der Waals surface area contributed by atoms with Crippen molar-refractivity contribution in [3.05, 3.63) is 75.3 Å². The molecule has 0 aliphatic carbocycles. The molecule has 0 fully saturated rings. The summed E-state index contributed by atoms with van der Waals surface area (Å²) >= 11 is 6.03. The third-order valence-electron chi connectivity index (χ3n) is 4.08. The van der Waals surface area contributed by atoms with Crippen molar-refractivity contribution in [2.75, 3.05) is 14.2 Å². The van der Waals surface area contributed by atoms with Gasteiger partial charge >= 0.3 is 0 Å². The first-order chi connectivity index (χ1) is 13.4. The highest BCUT2D eigenvalue weighted by molar-refractivity contribution is 6.30. The van der Waals surface area contributed by atoms with Gasteiger partial charge in [-0.1, -0.05) is 11.6 Å². The van der Waals surface area contributed by atoms with Crippen molar-refractivity contribution in [3.8, 4) is 11.4 Å². The Hall–Kier alpha value is -3.46. The number of carbonyl (C=O) groups excluding carboxylic acids is 1. The van der Waals surface area contributed by atoms with Gasteiger partial charge in [-0.05, 0) is 30.3 Å². The van der Waals surface area contributed by atoms with Gasteiger partial charge < -0.3 is 9.64 Å². The highest BCUT2D eigenvalue weighted by atomic mass is 35.5. The molecule has 0 spiro atoms. The maximum absolute atomic E-state index is 12.8. The minimum atomic E-state index is -0.562. The van der Waals surface area contributed by atoms with E-state index in [-0.39, 0.29) is 29.4 Å². The maximum Gasteiger partial charge on any atom is 0.295 e. The minimum Gasteiger partial charge on any atom is -0.496 e. The summed E-state index contributed by atoms with van der Waals surface area (Å²) < 4.78 is 6.56. The van der Waals surface area contributed by atoms with Crippen LogP contribution in [0.1, 0.15) is 15.9 Å². The number of rotatable bonds is 6. The summed E-state index contributed by atoms with van der Waals surface area (Å²) in [6, 6.07) is 9.32. The molecule has 2 aromatic carbocycles. The second-order valence-electron chi connectivity index (χ2n) is 5.92. The van der Waals surface area contributed by atoms with Crippen LogP contribution in [0, 0.1) is 10.1 Å². The van der Waals surface area contributed by atoms with Crippen LogP contribution in [0.15, 0.2) is 49.1 Å². The molecule has 0 bridgehead atoms. The summed E-state index contributed by atoms with van der Waals surface area (Å²) in [5.41, 5.74) is 0.877. The third kappa shape index (κ3) is 3.94. The summed E-state index contributed by atoms with van der Waals surface area (Å²) in [6.07, 6.45) is 2.62. The Morgan fingerprint density at radius 3 is 2.75 bits per heavy atom. The lowest BCUT2D eigenvalue weighted by Gasteiger charge is -2.19. The van der Waals surface area contributed by atoms with E-state index in [4.69, 9.17) is 16.3 Å². The van der Waals surface area contributed by atoms with Crippen LogP contribution in [-0.4, -0.2) is 44.7 Å². The Bertz CT molecular complexity index is 1020. The Balaban J connectivity index is 1.89. The van der Waals surface area contributed by atoms with Crippen molar-refractivity contribution >= 4 is 23.2 Å². The second kappa shape index (κ2) is 8.05. The lowest BCUT2D eigenvalue weighted by molar-refractivity contribution is -0.384. The number of amides is 1. The topological polar surface area (TPSA) is 103 Å². The van der Waals surface area contributed by atoms with Crippen molar-refractivity contribution in [2.24, 2.45) is 0 Å². The summed E-state index contributed by atoms with van der Waals surface area (Å²) in [5.74, 6) is 0.215. The minimum absolute atomic E-state index is 0.180. The summed E-state index contributed by atoms with van der Waals surface area (Å²) in [5, 5.41) is 15.9. The highest BCUT2D eigenvalue weighted by Gasteiger charge is 2.21. The highest BCUT2D eigenvalue weighted by Crippen LogP contribution is 2.26. The first-order valence-electron chi connectivity index (χ1n) is 8.12. The van der Waals surface area contributed by atoms with Gasteiger partial charge in [0.05, 0.1) is 12.0 Å². The van der Waals surface area contributed by atoms with Crippen LogP contribution in [0.3, 0.4) is 0 Å². The van der Waals surface area contributed by atoms with E-state index in [0.29, 0.717) is 10.8 Å². The van der Waals surface area contributed by atoms with Crippen LogP contribution in [0.2, 0.25) is 5.02 Å². The van der Waals surface area contributed by atoms with Gasteiger partial charge in [0.25, 0.3) is 11.6 Å². The van der Waals surface area contributed by atoms with Crippen molar-refractivity contribution < 1.29 is 14.5 Å². The van der Waals surface area contributed by atoms with Gasteiger partial charge in [0.2, 0.25) is 0 Å². The fourth-order valence-corrected chi connectivity index (χ4v) is 2.94. The van der Waals surface area contributed by atoms with Gasteiger partial charge in [-0.25, -0.2) is 9.67 Å². The number of hydrogen-bond acceptors (Lipinski definition) is 6. The van der Waals surface area contributed by atoms with E-state index in [1.807, 2.05) is 0 Å². The average Bonchev–Trinajstić information content (AvgIpc) is 3.21. The average molecular weight is 402 g/mol. The van der Waals surface area contributed by atoms with E-state index in [0.717, 1.165) is 5.56 Å². The summed E-state index contributed by atoms with van der Waals surface area (Å²) in [4.78, 5) is 28.9. The Kier molecular flexibility index (Phi) is 5.55. The van der Waals surface area contributed by atoms with Gasteiger partial charge in [0, 0.05) is 35.8 Å². The molecular formula is C18H16ClN5O4. The zero-order valence-electron chi connectivity index (χ0n) is 15.1. The molecule has 1 amide bonds. The number of nitro groups is 1. The molecule has 0 aliphatic heterocycles. The summed E-state index contributed by atoms with van der Waals surface area (Å²) in [6.45, 7) is 0.223. The molecule has 1 heterocycles. The fraction of sp³-hybridized carbons (Fsp3) is 0.167. The molecule has 0 saturated carbocycles. The molecular weight excluding hydrogens is 386 g/mol. The van der Waals surface area contributed by atoms with Gasteiger partial charge in [-0.3, -0.25) is 14.9 Å². The molecule has 144 valence electrons. The van der Waals surface area contributed by atoms with Gasteiger partial charge in [0.15, 0.2) is 0 Å². The van der Waals surface area contributed by atoms with Crippen LogP contribution < -0.4 is 4.74 Å². The number of benzene rings is 2. The SMILES string of the molecule is COc1ccc(Cl)cc1CN(C)C(=O)c1ccc(-n2cncn2)c([N+](=O)[O-])c1. The summed E-state index contributed by atoms with van der Waals surface area (Å²) in [7, 11) is 3.13. The number of ether oxygens (including phenoxy) is 1. The number of carbonyl (C=O) groups is 1. The molecule has 0 radical (unpaired) electrons. The van der Waals surface area contributed by atoms with Crippen LogP contribution in [0.4, 0.5) is 5.69 Å². The number of halogens is 1. The molecule has 0 unspecified atom stereocenters. The van der Waals surface area contributed by atoms with E-state index in [2.05, 4.69) is 10.1 Å². The van der Waals surface area contributed by atoms with Crippen molar-refractivity contribution in [1.82, 2.24) is 19.7 Å². The zero-order valence-corrected chi connectivity index (χ0v) is 15.8.